The van der Waals surface area contributed by atoms with Gasteiger partial charge in [0.1, 0.15) is 17.1 Å². The molecule has 0 saturated heterocycles. The van der Waals surface area contributed by atoms with E-state index in [1.165, 1.54) is 23.3 Å². The highest BCUT2D eigenvalue weighted by atomic mass is 16.6. The van der Waals surface area contributed by atoms with Crippen LogP contribution in [0.25, 0.3) is 0 Å². The van der Waals surface area contributed by atoms with Crippen molar-refractivity contribution in [2.45, 2.75) is 57.0 Å². The molecule has 5 rings (SSSR count). The molecule has 2 aromatic rings. The highest BCUT2D eigenvalue weighted by Crippen LogP contribution is 2.64. The molecule has 0 heterocycles. The minimum atomic E-state index is -0.967. The molecule has 0 aliphatic heterocycles. The molecule has 2 saturated carbocycles. The normalized spacial score (nSPS) is 33.5. The van der Waals surface area contributed by atoms with Crippen LogP contribution in [0.2, 0.25) is 0 Å². The highest BCUT2D eigenvalue weighted by Gasteiger charge is 2.61. The van der Waals surface area contributed by atoms with E-state index in [1.807, 2.05) is 6.07 Å². The molecule has 5 nitrogen and oxygen atoms in total. The molecule has 0 amide bonds. The van der Waals surface area contributed by atoms with Crippen LogP contribution in [0.4, 0.5) is 5.69 Å². The predicted octanol–water partition coefficient (Wildman–Crippen LogP) is 5.61. The Bertz CT molecular complexity index is 1070. The quantitative estimate of drug-likeness (QED) is 0.400. The number of ether oxygens (including phenoxy) is 1. The van der Waals surface area contributed by atoms with Crippen LogP contribution in [0.15, 0.2) is 42.5 Å². The lowest BCUT2D eigenvalue weighted by Gasteiger charge is -2.52. The van der Waals surface area contributed by atoms with Crippen LogP contribution in [0.1, 0.15) is 56.1 Å². The number of hydrogen-bond acceptors (Lipinski definition) is 4. The molecule has 0 unspecified atom stereocenters. The van der Waals surface area contributed by atoms with E-state index in [1.54, 1.807) is 12.1 Å². The Hall–Kier alpha value is -2.84. The van der Waals surface area contributed by atoms with Crippen LogP contribution in [0.3, 0.4) is 0 Å². The van der Waals surface area contributed by atoms with Crippen molar-refractivity contribution in [3.63, 3.8) is 0 Å². The van der Waals surface area contributed by atoms with Gasteiger partial charge in [0.15, 0.2) is 0 Å². The van der Waals surface area contributed by atoms with Gasteiger partial charge < -0.3 is 9.84 Å². The van der Waals surface area contributed by atoms with Gasteiger partial charge in [-0.2, -0.15) is 0 Å². The number of rotatable bonds is 3. The third kappa shape index (κ3) is 3.04. The molecule has 0 bridgehead atoms. The predicted molar refractivity (Wildman–Crippen MR) is 118 cm³/mol. The summed E-state index contributed by atoms with van der Waals surface area (Å²) < 4.78 is 5.96. The minimum Gasteiger partial charge on any atom is -0.457 e. The van der Waals surface area contributed by atoms with Gasteiger partial charge in [-0.25, -0.2) is 0 Å². The average molecular weight is 418 g/mol. The lowest BCUT2D eigenvalue weighted by Crippen LogP contribution is -2.50. The summed E-state index contributed by atoms with van der Waals surface area (Å²) in [5.74, 6) is 5.63. The maximum absolute atomic E-state index is 11.1. The molecule has 0 aromatic heterocycles. The lowest BCUT2D eigenvalue weighted by molar-refractivity contribution is -0.384. The summed E-state index contributed by atoms with van der Waals surface area (Å²) in [5.41, 5.74) is 1.64. The molecule has 1 N–H and O–H groups in total. The van der Waals surface area contributed by atoms with Crippen molar-refractivity contribution in [1.82, 2.24) is 0 Å². The van der Waals surface area contributed by atoms with Gasteiger partial charge in [-0.1, -0.05) is 18.9 Å². The zero-order valence-corrected chi connectivity index (χ0v) is 17.7. The Morgan fingerprint density at radius 3 is 2.58 bits per heavy atom. The summed E-state index contributed by atoms with van der Waals surface area (Å²) in [6.07, 6.45) is 11.6. The largest absolute Gasteiger partial charge is 0.457 e. The Labute approximate surface area is 182 Å². The fraction of sp³-hybridized carbons (Fsp3) is 0.462. The van der Waals surface area contributed by atoms with E-state index in [4.69, 9.17) is 11.2 Å². The second-order valence-corrected chi connectivity index (χ2v) is 9.63. The number of hydrogen-bond donors (Lipinski definition) is 1. The first-order valence-corrected chi connectivity index (χ1v) is 11.1. The van der Waals surface area contributed by atoms with Crippen molar-refractivity contribution in [2.75, 3.05) is 0 Å². The molecule has 0 spiro atoms. The third-order valence-electron chi connectivity index (χ3n) is 8.37. The Morgan fingerprint density at radius 1 is 1.13 bits per heavy atom. The number of benzene rings is 2. The second-order valence-electron chi connectivity index (χ2n) is 9.63. The SMILES string of the molecule is C#C[C@]1(O)CC[C@@H]2[C@@H]3CCc4cc(Oc5ccc([N+](=O)[O-])cc5)ccc4[C@@H]3CC[C@@]21C. The van der Waals surface area contributed by atoms with Gasteiger partial charge >= 0.3 is 0 Å². The maximum atomic E-state index is 11.1. The number of non-ortho nitro benzene ring substituents is 1. The molecule has 31 heavy (non-hydrogen) atoms. The van der Waals surface area contributed by atoms with Crippen LogP contribution in [0.5, 0.6) is 11.5 Å². The summed E-state index contributed by atoms with van der Waals surface area (Å²) >= 11 is 0. The summed E-state index contributed by atoms with van der Waals surface area (Å²) in [7, 11) is 0. The van der Waals surface area contributed by atoms with Crippen molar-refractivity contribution < 1.29 is 14.8 Å². The monoisotopic (exact) mass is 417 g/mol. The van der Waals surface area contributed by atoms with E-state index in [0.717, 1.165) is 37.9 Å². The number of aliphatic hydroxyl groups is 1. The third-order valence-corrected chi connectivity index (χ3v) is 8.37. The fourth-order valence-corrected chi connectivity index (χ4v) is 6.65. The van der Waals surface area contributed by atoms with Crippen molar-refractivity contribution in [2.24, 2.45) is 17.3 Å². The first-order chi connectivity index (χ1) is 14.8. The van der Waals surface area contributed by atoms with Gasteiger partial charge in [0.25, 0.3) is 5.69 Å². The van der Waals surface area contributed by atoms with Gasteiger partial charge in [0, 0.05) is 17.5 Å². The van der Waals surface area contributed by atoms with Gasteiger partial charge in [0.05, 0.1) is 4.92 Å². The molecule has 5 heteroatoms. The fourth-order valence-electron chi connectivity index (χ4n) is 6.65. The summed E-state index contributed by atoms with van der Waals surface area (Å²) in [6.45, 7) is 2.21. The van der Waals surface area contributed by atoms with E-state index in [0.29, 0.717) is 29.9 Å². The number of aryl methyl sites for hydroxylation is 1. The smallest absolute Gasteiger partial charge is 0.269 e. The van der Waals surface area contributed by atoms with Crippen molar-refractivity contribution in [3.05, 3.63) is 63.7 Å². The first kappa shape index (κ1) is 20.1. The van der Waals surface area contributed by atoms with Crippen LogP contribution in [-0.4, -0.2) is 15.6 Å². The Morgan fingerprint density at radius 2 is 1.87 bits per heavy atom. The number of fused-ring (bicyclic) bond motifs is 5. The van der Waals surface area contributed by atoms with Gasteiger partial charge in [0.2, 0.25) is 0 Å². The molecule has 0 radical (unpaired) electrons. The van der Waals surface area contributed by atoms with Gasteiger partial charge in [-0.05, 0) is 91.7 Å². The lowest BCUT2D eigenvalue weighted by atomic mass is 9.53. The highest BCUT2D eigenvalue weighted by molar-refractivity contribution is 5.44. The maximum Gasteiger partial charge on any atom is 0.269 e. The molecule has 5 atom stereocenters. The van der Waals surface area contributed by atoms with Gasteiger partial charge in [-0.15, -0.1) is 6.42 Å². The molecule has 3 aliphatic carbocycles. The van der Waals surface area contributed by atoms with Crippen LogP contribution in [-0.2, 0) is 6.42 Å². The van der Waals surface area contributed by atoms with Crippen molar-refractivity contribution in [1.29, 1.82) is 0 Å². The zero-order chi connectivity index (χ0) is 21.8. The number of terminal acetylenes is 1. The number of nitro groups is 1. The summed E-state index contributed by atoms with van der Waals surface area (Å²) in [4.78, 5) is 10.4. The van der Waals surface area contributed by atoms with E-state index in [-0.39, 0.29) is 11.1 Å². The minimum absolute atomic E-state index is 0.0526. The van der Waals surface area contributed by atoms with E-state index in [2.05, 4.69) is 25.0 Å². The summed E-state index contributed by atoms with van der Waals surface area (Å²) in [6, 6.07) is 12.5. The first-order valence-electron chi connectivity index (χ1n) is 11.1. The van der Waals surface area contributed by atoms with E-state index >= 15 is 0 Å². The van der Waals surface area contributed by atoms with Crippen molar-refractivity contribution in [3.8, 4) is 23.8 Å². The molecule has 2 fully saturated rings. The van der Waals surface area contributed by atoms with Crippen LogP contribution < -0.4 is 4.74 Å². The standard InChI is InChI=1S/C26H27NO4/c1-3-26(28)15-13-24-23-10-4-17-16-20(31-19-7-5-18(6-8-19)27(29)30)9-11-21(17)22(23)12-14-25(24,26)2/h1,5-9,11,16,22-24,28H,4,10,12-15H2,2H3/t22-,23+,24+,25-,26-/m0/s1. The average Bonchev–Trinajstić information content (AvgIpc) is 3.05. The topological polar surface area (TPSA) is 72.6 Å². The Kier molecular flexibility index (Phi) is 4.60. The molecular formula is C26H27NO4. The van der Waals surface area contributed by atoms with Crippen LogP contribution >= 0.6 is 0 Å². The van der Waals surface area contributed by atoms with Crippen molar-refractivity contribution >= 4 is 5.69 Å². The molecule has 160 valence electrons. The Balaban J connectivity index is 1.37. The second kappa shape index (κ2) is 7.10. The molecule has 3 aliphatic rings. The van der Waals surface area contributed by atoms with E-state index in [9.17, 15) is 15.2 Å². The summed E-state index contributed by atoms with van der Waals surface area (Å²) in [5, 5.41) is 21.9. The van der Waals surface area contributed by atoms with Crippen LogP contribution in [0, 0.1) is 39.7 Å². The molecular weight excluding hydrogens is 390 g/mol. The van der Waals surface area contributed by atoms with E-state index < -0.39 is 10.5 Å². The zero-order valence-electron chi connectivity index (χ0n) is 17.7. The molecule has 2 aromatic carbocycles. The number of nitrogens with zero attached hydrogens (tertiary/aromatic N) is 1. The number of nitro benzene ring substituents is 1. The van der Waals surface area contributed by atoms with Gasteiger partial charge in [-0.3, -0.25) is 10.1 Å².